The van der Waals surface area contributed by atoms with E-state index in [4.69, 9.17) is 9.47 Å². The summed E-state index contributed by atoms with van der Waals surface area (Å²) < 4.78 is 12.2. The number of nitrogens with one attached hydrogen (secondary N) is 1. The Morgan fingerprint density at radius 2 is 2.18 bits per heavy atom. The molecule has 0 aromatic carbocycles. The van der Waals surface area contributed by atoms with E-state index in [0.29, 0.717) is 13.2 Å². The van der Waals surface area contributed by atoms with Crippen LogP contribution in [0.4, 0.5) is 0 Å². The van der Waals surface area contributed by atoms with Crippen LogP contribution in [0.3, 0.4) is 0 Å². The van der Waals surface area contributed by atoms with Gasteiger partial charge in [-0.25, -0.2) is 0 Å². The third-order valence-corrected chi connectivity index (χ3v) is 2.35. The summed E-state index contributed by atoms with van der Waals surface area (Å²) >= 11 is 0. The summed E-state index contributed by atoms with van der Waals surface area (Å²) in [7, 11) is 1.68. The molecule has 1 N–H and O–H groups in total. The van der Waals surface area contributed by atoms with E-state index in [-0.39, 0.29) is 0 Å². The molecule has 5 nitrogen and oxygen atoms in total. The molecule has 0 saturated carbocycles. The Morgan fingerprint density at radius 3 is 2.88 bits per heavy atom. The summed E-state index contributed by atoms with van der Waals surface area (Å²) in [5.41, 5.74) is 1.21. The van der Waals surface area contributed by atoms with Gasteiger partial charge in [0, 0.05) is 26.5 Å². The van der Waals surface area contributed by atoms with Crippen molar-refractivity contribution in [1.82, 2.24) is 15.1 Å². The van der Waals surface area contributed by atoms with Crippen molar-refractivity contribution in [3.8, 4) is 0 Å². The standard InChI is InChI=1S/C12H23N3O2/c1-12-10-14-15(11-12)6-5-13-4-3-7-17-9-8-16-2/h10-11,13H,3-9H2,1-2H3. The summed E-state index contributed by atoms with van der Waals surface area (Å²) in [5, 5.41) is 7.58. The molecule has 98 valence electrons. The summed E-state index contributed by atoms with van der Waals surface area (Å²) in [6, 6.07) is 0. The fourth-order valence-electron chi connectivity index (χ4n) is 1.45. The van der Waals surface area contributed by atoms with E-state index in [0.717, 1.165) is 32.7 Å². The van der Waals surface area contributed by atoms with Gasteiger partial charge in [-0.3, -0.25) is 4.68 Å². The highest BCUT2D eigenvalue weighted by Crippen LogP contribution is 1.92. The van der Waals surface area contributed by atoms with Crippen LogP contribution in [0, 0.1) is 6.92 Å². The second-order valence-corrected chi connectivity index (χ2v) is 3.99. The molecule has 0 bridgehead atoms. The Bertz CT molecular complexity index is 289. The lowest BCUT2D eigenvalue weighted by molar-refractivity contribution is 0.0695. The molecule has 0 amide bonds. The minimum atomic E-state index is 0.673. The molecule has 0 fully saturated rings. The van der Waals surface area contributed by atoms with Crippen LogP contribution < -0.4 is 5.32 Å². The average Bonchev–Trinajstić information content (AvgIpc) is 2.73. The summed E-state index contributed by atoms with van der Waals surface area (Å²) in [6.07, 6.45) is 4.96. The molecule has 0 spiro atoms. The SMILES string of the molecule is COCCOCCCNCCn1cc(C)cn1. The first-order chi connectivity index (χ1) is 8.33. The highest BCUT2D eigenvalue weighted by atomic mass is 16.5. The summed E-state index contributed by atoms with van der Waals surface area (Å²) in [6.45, 7) is 7.03. The lowest BCUT2D eigenvalue weighted by Gasteiger charge is -2.05. The number of aryl methyl sites for hydroxylation is 1. The topological polar surface area (TPSA) is 48.3 Å². The van der Waals surface area contributed by atoms with Crippen LogP contribution in [-0.4, -0.2) is 49.8 Å². The van der Waals surface area contributed by atoms with Crippen molar-refractivity contribution in [2.45, 2.75) is 19.9 Å². The molecule has 0 aliphatic heterocycles. The van der Waals surface area contributed by atoms with Crippen LogP contribution in [0.25, 0.3) is 0 Å². The third-order valence-electron chi connectivity index (χ3n) is 2.35. The predicted octanol–water partition coefficient (Wildman–Crippen LogP) is 0.834. The lowest BCUT2D eigenvalue weighted by atomic mass is 10.4. The Labute approximate surface area is 103 Å². The molecule has 1 heterocycles. The monoisotopic (exact) mass is 241 g/mol. The van der Waals surface area contributed by atoms with Crippen molar-refractivity contribution in [3.05, 3.63) is 18.0 Å². The van der Waals surface area contributed by atoms with Gasteiger partial charge in [0.2, 0.25) is 0 Å². The van der Waals surface area contributed by atoms with E-state index < -0.39 is 0 Å². The van der Waals surface area contributed by atoms with Crippen LogP contribution in [0.15, 0.2) is 12.4 Å². The zero-order valence-electron chi connectivity index (χ0n) is 10.8. The van der Waals surface area contributed by atoms with E-state index in [1.54, 1.807) is 7.11 Å². The second kappa shape index (κ2) is 9.15. The molecule has 5 heteroatoms. The fraction of sp³-hybridized carbons (Fsp3) is 0.750. The molecular formula is C12H23N3O2. The maximum atomic E-state index is 5.36. The lowest BCUT2D eigenvalue weighted by Crippen LogP contribution is -2.22. The second-order valence-electron chi connectivity index (χ2n) is 3.99. The van der Waals surface area contributed by atoms with Gasteiger partial charge in [-0.05, 0) is 25.5 Å². The van der Waals surface area contributed by atoms with E-state index >= 15 is 0 Å². The minimum absolute atomic E-state index is 0.673. The van der Waals surface area contributed by atoms with Gasteiger partial charge in [0.15, 0.2) is 0 Å². The third kappa shape index (κ3) is 7.10. The maximum absolute atomic E-state index is 5.36. The largest absolute Gasteiger partial charge is 0.382 e. The molecule has 0 atom stereocenters. The highest BCUT2D eigenvalue weighted by molar-refractivity contribution is 4.99. The number of hydrogen-bond donors (Lipinski definition) is 1. The number of hydrogen-bond acceptors (Lipinski definition) is 4. The van der Waals surface area contributed by atoms with Crippen molar-refractivity contribution in [1.29, 1.82) is 0 Å². The average molecular weight is 241 g/mol. The molecule has 0 radical (unpaired) electrons. The van der Waals surface area contributed by atoms with Crippen molar-refractivity contribution in [2.24, 2.45) is 0 Å². The Kier molecular flexibility index (Phi) is 7.62. The van der Waals surface area contributed by atoms with E-state index in [1.807, 2.05) is 17.8 Å². The molecule has 0 aliphatic rings. The predicted molar refractivity (Wildman–Crippen MR) is 67.1 cm³/mol. The first-order valence-electron chi connectivity index (χ1n) is 6.09. The highest BCUT2D eigenvalue weighted by Gasteiger charge is 1.93. The molecule has 1 rings (SSSR count). The minimum Gasteiger partial charge on any atom is -0.382 e. The van der Waals surface area contributed by atoms with Gasteiger partial charge in [0.25, 0.3) is 0 Å². The quantitative estimate of drug-likeness (QED) is 0.617. The van der Waals surface area contributed by atoms with Crippen LogP contribution in [0.2, 0.25) is 0 Å². The number of nitrogens with zero attached hydrogens (tertiary/aromatic N) is 2. The van der Waals surface area contributed by atoms with Crippen LogP contribution in [0.5, 0.6) is 0 Å². The maximum Gasteiger partial charge on any atom is 0.0700 e. The van der Waals surface area contributed by atoms with E-state index in [9.17, 15) is 0 Å². The molecule has 17 heavy (non-hydrogen) atoms. The van der Waals surface area contributed by atoms with Crippen LogP contribution in [-0.2, 0) is 16.0 Å². The first-order valence-corrected chi connectivity index (χ1v) is 6.09. The molecule has 1 aromatic rings. The van der Waals surface area contributed by atoms with Crippen LogP contribution >= 0.6 is 0 Å². The van der Waals surface area contributed by atoms with Crippen molar-refractivity contribution in [2.75, 3.05) is 40.0 Å². The van der Waals surface area contributed by atoms with Gasteiger partial charge < -0.3 is 14.8 Å². The smallest absolute Gasteiger partial charge is 0.0700 e. The fourth-order valence-corrected chi connectivity index (χ4v) is 1.45. The number of aromatic nitrogens is 2. The number of rotatable bonds is 10. The van der Waals surface area contributed by atoms with Crippen molar-refractivity contribution < 1.29 is 9.47 Å². The molecule has 0 aliphatic carbocycles. The van der Waals surface area contributed by atoms with Gasteiger partial charge in [-0.1, -0.05) is 0 Å². The Balaban J connectivity index is 1.84. The Hall–Kier alpha value is -0.910. The Morgan fingerprint density at radius 1 is 1.29 bits per heavy atom. The zero-order chi connectivity index (χ0) is 12.3. The molecular weight excluding hydrogens is 218 g/mol. The summed E-state index contributed by atoms with van der Waals surface area (Å²) in [5.74, 6) is 0. The van der Waals surface area contributed by atoms with Gasteiger partial charge in [-0.15, -0.1) is 0 Å². The molecule has 0 unspecified atom stereocenters. The van der Waals surface area contributed by atoms with Gasteiger partial charge in [-0.2, -0.15) is 5.10 Å². The van der Waals surface area contributed by atoms with Gasteiger partial charge in [0.1, 0.15) is 0 Å². The van der Waals surface area contributed by atoms with Crippen molar-refractivity contribution in [3.63, 3.8) is 0 Å². The number of ether oxygens (including phenoxy) is 2. The normalized spacial score (nSPS) is 10.9. The van der Waals surface area contributed by atoms with Crippen LogP contribution in [0.1, 0.15) is 12.0 Å². The molecule has 0 saturated heterocycles. The van der Waals surface area contributed by atoms with Gasteiger partial charge in [0.05, 0.1) is 26.0 Å². The van der Waals surface area contributed by atoms with E-state index in [2.05, 4.69) is 16.6 Å². The zero-order valence-corrected chi connectivity index (χ0v) is 10.8. The summed E-state index contributed by atoms with van der Waals surface area (Å²) in [4.78, 5) is 0. The van der Waals surface area contributed by atoms with E-state index in [1.165, 1.54) is 5.56 Å². The van der Waals surface area contributed by atoms with Crippen molar-refractivity contribution >= 4 is 0 Å². The first kappa shape index (κ1) is 14.2. The molecule has 1 aromatic heterocycles. The van der Waals surface area contributed by atoms with Gasteiger partial charge >= 0.3 is 0 Å². The number of methoxy groups -OCH3 is 1.